The molecule has 0 aliphatic heterocycles. The van der Waals surface area contributed by atoms with Crippen molar-refractivity contribution in [1.82, 2.24) is 14.8 Å². The van der Waals surface area contributed by atoms with Crippen molar-refractivity contribution in [2.75, 3.05) is 11.1 Å². The zero-order valence-corrected chi connectivity index (χ0v) is 14.8. The Bertz CT molecular complexity index is 877. The summed E-state index contributed by atoms with van der Waals surface area (Å²) in [7, 11) is 0. The van der Waals surface area contributed by atoms with Gasteiger partial charge in [0.05, 0.1) is 22.7 Å². The summed E-state index contributed by atoms with van der Waals surface area (Å²) in [4.78, 5) is 12.2. The Balaban J connectivity index is 1.69. The summed E-state index contributed by atoms with van der Waals surface area (Å²) < 4.78 is 7.22. The number of halogens is 1. The second kappa shape index (κ2) is 8.04. The first-order valence-corrected chi connectivity index (χ1v) is 8.80. The molecule has 0 unspecified atom stereocenters. The molecule has 0 saturated carbocycles. The largest absolute Gasteiger partial charge is 0.461 e. The minimum absolute atomic E-state index is 0.175. The van der Waals surface area contributed by atoms with Crippen LogP contribution in [0.25, 0.3) is 11.6 Å². The molecule has 1 amide bonds. The first kappa shape index (κ1) is 17.3. The molecule has 1 N–H and O–H groups in total. The molecular formula is C17H15ClN4O2S. The molecule has 1 aromatic carbocycles. The number of para-hydroxylation sites is 1. The molecule has 0 atom stereocenters. The van der Waals surface area contributed by atoms with Crippen molar-refractivity contribution in [3.8, 4) is 11.6 Å². The van der Waals surface area contributed by atoms with Crippen LogP contribution in [0, 0.1) is 0 Å². The van der Waals surface area contributed by atoms with Crippen molar-refractivity contribution in [2.24, 2.45) is 0 Å². The number of aromatic nitrogens is 3. The highest BCUT2D eigenvalue weighted by molar-refractivity contribution is 7.99. The van der Waals surface area contributed by atoms with Gasteiger partial charge in [-0.1, -0.05) is 41.6 Å². The van der Waals surface area contributed by atoms with Gasteiger partial charge >= 0.3 is 0 Å². The number of amides is 1. The summed E-state index contributed by atoms with van der Waals surface area (Å²) in [6, 6.07) is 10.7. The van der Waals surface area contributed by atoms with Crippen LogP contribution in [0.15, 0.2) is 64.9 Å². The maximum atomic E-state index is 12.2. The Morgan fingerprint density at radius 1 is 1.32 bits per heavy atom. The van der Waals surface area contributed by atoms with E-state index < -0.39 is 0 Å². The molecule has 2 aromatic heterocycles. The molecule has 6 nitrogen and oxygen atoms in total. The number of hydrogen-bond acceptors (Lipinski definition) is 5. The molecule has 3 rings (SSSR count). The van der Waals surface area contributed by atoms with Crippen molar-refractivity contribution in [2.45, 2.75) is 11.7 Å². The number of furan rings is 1. The maximum absolute atomic E-state index is 12.2. The van der Waals surface area contributed by atoms with E-state index in [0.717, 1.165) is 0 Å². The number of allylic oxidation sites excluding steroid dienone is 1. The second-order valence-corrected chi connectivity index (χ2v) is 6.35. The number of rotatable bonds is 7. The van der Waals surface area contributed by atoms with Crippen LogP contribution in [-0.4, -0.2) is 26.4 Å². The van der Waals surface area contributed by atoms with Crippen LogP contribution in [0.5, 0.6) is 0 Å². The van der Waals surface area contributed by atoms with Gasteiger partial charge in [-0.05, 0) is 24.3 Å². The molecule has 25 heavy (non-hydrogen) atoms. The highest BCUT2D eigenvalue weighted by Gasteiger charge is 2.16. The fourth-order valence-electron chi connectivity index (χ4n) is 2.16. The summed E-state index contributed by atoms with van der Waals surface area (Å²) >= 11 is 7.33. The van der Waals surface area contributed by atoms with Gasteiger partial charge < -0.3 is 9.73 Å². The lowest BCUT2D eigenvalue weighted by atomic mass is 10.3. The third kappa shape index (κ3) is 4.12. The third-order valence-electron chi connectivity index (χ3n) is 3.25. The molecule has 0 radical (unpaired) electrons. The van der Waals surface area contributed by atoms with E-state index in [9.17, 15) is 4.79 Å². The Morgan fingerprint density at radius 2 is 2.16 bits per heavy atom. The average Bonchev–Trinajstić information content (AvgIpc) is 3.25. The van der Waals surface area contributed by atoms with E-state index in [2.05, 4.69) is 22.1 Å². The number of thioether (sulfide) groups is 1. The van der Waals surface area contributed by atoms with Crippen LogP contribution in [0.4, 0.5) is 5.69 Å². The van der Waals surface area contributed by atoms with E-state index in [0.29, 0.717) is 34.0 Å². The van der Waals surface area contributed by atoms with Crippen molar-refractivity contribution >= 4 is 35.0 Å². The summed E-state index contributed by atoms with van der Waals surface area (Å²) in [5.41, 5.74) is 0.582. The first-order chi connectivity index (χ1) is 12.2. The Kier molecular flexibility index (Phi) is 5.57. The standard InChI is InChI=1S/C17H15ClN4O2S/c1-2-9-22-16(14-8-5-10-24-14)20-21-17(22)25-11-15(23)19-13-7-4-3-6-12(13)18/h2-8,10H,1,9,11H2,(H,19,23). The van der Waals surface area contributed by atoms with Gasteiger partial charge in [0.2, 0.25) is 11.7 Å². The minimum atomic E-state index is -0.175. The Labute approximate surface area is 153 Å². The highest BCUT2D eigenvalue weighted by Crippen LogP contribution is 2.25. The lowest BCUT2D eigenvalue weighted by Gasteiger charge is -2.08. The number of carbonyl (C=O) groups is 1. The first-order valence-electron chi connectivity index (χ1n) is 7.44. The molecule has 8 heteroatoms. The van der Waals surface area contributed by atoms with E-state index in [1.54, 1.807) is 36.6 Å². The van der Waals surface area contributed by atoms with E-state index >= 15 is 0 Å². The molecule has 0 spiro atoms. The normalized spacial score (nSPS) is 10.6. The number of nitrogens with one attached hydrogen (secondary N) is 1. The van der Waals surface area contributed by atoms with Crippen LogP contribution >= 0.6 is 23.4 Å². The van der Waals surface area contributed by atoms with Crippen molar-refractivity contribution in [1.29, 1.82) is 0 Å². The van der Waals surface area contributed by atoms with Crippen molar-refractivity contribution in [3.63, 3.8) is 0 Å². The van der Waals surface area contributed by atoms with Crippen molar-refractivity contribution < 1.29 is 9.21 Å². The van der Waals surface area contributed by atoms with Gasteiger partial charge in [0.15, 0.2) is 10.9 Å². The van der Waals surface area contributed by atoms with Crippen LogP contribution in [0.2, 0.25) is 5.02 Å². The summed E-state index contributed by atoms with van der Waals surface area (Å²) in [6.45, 7) is 4.26. The molecule has 0 saturated heterocycles. The topological polar surface area (TPSA) is 73.0 Å². The van der Waals surface area contributed by atoms with Gasteiger partial charge in [0.1, 0.15) is 0 Å². The van der Waals surface area contributed by atoms with Crippen LogP contribution in [0.1, 0.15) is 0 Å². The van der Waals surface area contributed by atoms with Gasteiger partial charge in [-0.3, -0.25) is 9.36 Å². The average molecular weight is 375 g/mol. The van der Waals surface area contributed by atoms with E-state index in [1.807, 2.05) is 16.7 Å². The molecule has 0 aliphatic carbocycles. The SMILES string of the molecule is C=CCn1c(SCC(=O)Nc2ccccc2Cl)nnc1-c1ccco1. The van der Waals surface area contributed by atoms with E-state index in [-0.39, 0.29) is 11.7 Å². The third-order valence-corrected chi connectivity index (χ3v) is 4.55. The van der Waals surface area contributed by atoms with Gasteiger partial charge in [-0.2, -0.15) is 0 Å². The predicted octanol–water partition coefficient (Wildman–Crippen LogP) is 4.11. The second-order valence-electron chi connectivity index (χ2n) is 5.00. The van der Waals surface area contributed by atoms with Crippen LogP contribution < -0.4 is 5.32 Å². The highest BCUT2D eigenvalue weighted by atomic mass is 35.5. The zero-order chi connectivity index (χ0) is 17.6. The molecule has 128 valence electrons. The van der Waals surface area contributed by atoms with Gasteiger partial charge in [0.25, 0.3) is 0 Å². The van der Waals surface area contributed by atoms with Gasteiger partial charge in [-0.25, -0.2) is 0 Å². The lowest BCUT2D eigenvalue weighted by molar-refractivity contribution is -0.113. The number of benzene rings is 1. The number of hydrogen-bond donors (Lipinski definition) is 1. The van der Waals surface area contributed by atoms with Gasteiger partial charge in [-0.15, -0.1) is 16.8 Å². The zero-order valence-electron chi connectivity index (χ0n) is 13.2. The molecular weight excluding hydrogens is 360 g/mol. The predicted molar refractivity (Wildman–Crippen MR) is 98.7 cm³/mol. The van der Waals surface area contributed by atoms with E-state index in [4.69, 9.17) is 16.0 Å². The lowest BCUT2D eigenvalue weighted by Crippen LogP contribution is -2.15. The number of carbonyl (C=O) groups excluding carboxylic acids is 1. The molecule has 0 bridgehead atoms. The fraction of sp³-hybridized carbons (Fsp3) is 0.118. The molecule has 0 fully saturated rings. The maximum Gasteiger partial charge on any atom is 0.234 e. The Morgan fingerprint density at radius 3 is 2.88 bits per heavy atom. The van der Waals surface area contributed by atoms with Crippen LogP contribution in [-0.2, 0) is 11.3 Å². The smallest absolute Gasteiger partial charge is 0.234 e. The van der Waals surface area contributed by atoms with Gasteiger partial charge in [0, 0.05) is 6.54 Å². The Hall–Kier alpha value is -2.51. The molecule has 3 aromatic rings. The quantitative estimate of drug-likeness (QED) is 0.497. The van der Waals surface area contributed by atoms with Crippen molar-refractivity contribution in [3.05, 3.63) is 60.3 Å². The minimum Gasteiger partial charge on any atom is -0.461 e. The fourth-order valence-corrected chi connectivity index (χ4v) is 3.09. The molecule has 2 heterocycles. The summed E-state index contributed by atoms with van der Waals surface area (Å²) in [5, 5.41) is 12.2. The summed E-state index contributed by atoms with van der Waals surface area (Å²) in [6.07, 6.45) is 3.32. The van der Waals surface area contributed by atoms with Crippen LogP contribution in [0.3, 0.4) is 0 Å². The van der Waals surface area contributed by atoms with E-state index in [1.165, 1.54) is 11.8 Å². The molecule has 0 aliphatic rings. The monoisotopic (exact) mass is 374 g/mol. The summed E-state index contributed by atoms with van der Waals surface area (Å²) in [5.74, 6) is 1.21. The number of anilines is 1. The number of nitrogens with zero attached hydrogens (tertiary/aromatic N) is 3.